The zero-order valence-corrected chi connectivity index (χ0v) is 21.2. The fraction of sp³-hybridized carbons (Fsp3) is 0.250. The van der Waals surface area contributed by atoms with Gasteiger partial charge in [0.2, 0.25) is 10.0 Å². The van der Waals surface area contributed by atoms with Gasteiger partial charge in [-0.25, -0.2) is 13.1 Å². The molecule has 2 aromatic carbocycles. The molecule has 0 aliphatic rings. The molecule has 0 unspecified atom stereocenters. The maximum Gasteiger partial charge on any atom is 0.240 e. The normalized spacial score (nSPS) is 11.8. The summed E-state index contributed by atoms with van der Waals surface area (Å²) in [4.78, 5) is 6.23. The number of halogens is 2. The van der Waals surface area contributed by atoms with Crippen LogP contribution >= 0.6 is 23.2 Å². The van der Waals surface area contributed by atoms with E-state index >= 15 is 0 Å². The molecule has 0 aliphatic carbocycles. The standard InChI is InChI=1S/C24H25Cl2N5O2S/c1-3-30(4-2)24-19-14-18(34(32,33)28-15-17-10-12-27-13-11-17)8-9-23(19)31(29-24)16-20-21(25)6-5-7-22(20)26/h5-14,28H,3-4,15-16H2,1-2H3. The Morgan fingerprint density at radius 1 is 1.00 bits per heavy atom. The molecule has 178 valence electrons. The predicted molar refractivity (Wildman–Crippen MR) is 137 cm³/mol. The summed E-state index contributed by atoms with van der Waals surface area (Å²) in [6.45, 7) is 6.07. The Bertz CT molecular complexity index is 1380. The molecule has 2 aromatic heterocycles. The van der Waals surface area contributed by atoms with Gasteiger partial charge in [0.05, 0.1) is 17.0 Å². The number of benzene rings is 2. The number of fused-ring (bicyclic) bond motifs is 1. The van der Waals surface area contributed by atoms with Crippen LogP contribution in [0.25, 0.3) is 10.9 Å². The molecule has 34 heavy (non-hydrogen) atoms. The van der Waals surface area contributed by atoms with E-state index in [1.807, 2.05) is 18.5 Å². The van der Waals surface area contributed by atoms with Crippen molar-refractivity contribution >= 4 is 49.9 Å². The van der Waals surface area contributed by atoms with Crippen LogP contribution in [0, 0.1) is 0 Å². The molecule has 0 bridgehead atoms. The Morgan fingerprint density at radius 3 is 2.32 bits per heavy atom. The quantitative estimate of drug-likeness (QED) is 0.333. The fourth-order valence-electron chi connectivity index (χ4n) is 3.78. The van der Waals surface area contributed by atoms with Gasteiger partial charge in [-0.3, -0.25) is 9.67 Å². The second-order valence-corrected chi connectivity index (χ2v) is 10.3. The minimum Gasteiger partial charge on any atom is -0.355 e. The van der Waals surface area contributed by atoms with Crippen molar-refractivity contribution in [3.05, 3.63) is 82.1 Å². The molecule has 0 fully saturated rings. The zero-order valence-electron chi connectivity index (χ0n) is 18.9. The molecule has 0 spiro atoms. The van der Waals surface area contributed by atoms with Crippen molar-refractivity contribution in [1.82, 2.24) is 19.5 Å². The first-order valence-corrected chi connectivity index (χ1v) is 13.1. The van der Waals surface area contributed by atoms with Gasteiger partial charge in [-0.2, -0.15) is 5.10 Å². The lowest BCUT2D eigenvalue weighted by Crippen LogP contribution is -2.24. The van der Waals surface area contributed by atoms with Crippen LogP contribution in [0.4, 0.5) is 5.82 Å². The molecule has 0 aliphatic heterocycles. The molecule has 0 saturated heterocycles. The summed E-state index contributed by atoms with van der Waals surface area (Å²) in [5.74, 6) is 0.717. The van der Waals surface area contributed by atoms with Crippen molar-refractivity contribution in [3.63, 3.8) is 0 Å². The van der Waals surface area contributed by atoms with Crippen molar-refractivity contribution in [2.75, 3.05) is 18.0 Å². The molecule has 4 rings (SSSR count). The van der Waals surface area contributed by atoms with Crippen molar-refractivity contribution < 1.29 is 8.42 Å². The summed E-state index contributed by atoms with van der Waals surface area (Å²) >= 11 is 12.8. The largest absolute Gasteiger partial charge is 0.355 e. The Hall–Kier alpha value is -2.65. The van der Waals surface area contributed by atoms with Crippen LogP contribution in [0.2, 0.25) is 10.0 Å². The first kappa shape index (κ1) is 24.5. The van der Waals surface area contributed by atoms with E-state index in [-0.39, 0.29) is 11.4 Å². The van der Waals surface area contributed by atoms with E-state index in [0.29, 0.717) is 22.4 Å². The first-order chi connectivity index (χ1) is 16.3. The predicted octanol–water partition coefficient (Wildman–Crippen LogP) is 5.11. The number of sulfonamides is 1. The molecule has 10 heteroatoms. The van der Waals surface area contributed by atoms with E-state index in [0.717, 1.165) is 35.1 Å². The van der Waals surface area contributed by atoms with Crippen LogP contribution in [0.3, 0.4) is 0 Å². The average Bonchev–Trinajstić information content (AvgIpc) is 3.19. The molecule has 0 radical (unpaired) electrons. The Kier molecular flexibility index (Phi) is 7.42. The summed E-state index contributed by atoms with van der Waals surface area (Å²) in [7, 11) is -3.74. The number of pyridine rings is 1. The maximum absolute atomic E-state index is 13.1. The zero-order chi connectivity index (χ0) is 24.3. The van der Waals surface area contributed by atoms with Gasteiger partial charge < -0.3 is 4.90 Å². The van der Waals surface area contributed by atoms with Crippen molar-refractivity contribution in [2.45, 2.75) is 31.8 Å². The molecule has 0 amide bonds. The summed E-state index contributed by atoms with van der Waals surface area (Å²) in [6, 6.07) is 14.0. The first-order valence-electron chi connectivity index (χ1n) is 10.9. The number of anilines is 1. The summed E-state index contributed by atoms with van der Waals surface area (Å²) in [6.07, 6.45) is 3.26. The monoisotopic (exact) mass is 517 g/mol. The highest BCUT2D eigenvalue weighted by molar-refractivity contribution is 7.89. The molecule has 7 nitrogen and oxygen atoms in total. The van der Waals surface area contributed by atoms with Crippen molar-refractivity contribution in [3.8, 4) is 0 Å². The lowest BCUT2D eigenvalue weighted by Gasteiger charge is -2.18. The maximum atomic E-state index is 13.1. The SMILES string of the molecule is CCN(CC)c1nn(Cc2c(Cl)cccc2Cl)c2ccc(S(=O)(=O)NCc3ccncc3)cc12. The van der Waals surface area contributed by atoms with Gasteiger partial charge in [0, 0.05) is 53.0 Å². The van der Waals surface area contributed by atoms with Gasteiger partial charge >= 0.3 is 0 Å². The number of rotatable bonds is 9. The highest BCUT2D eigenvalue weighted by Crippen LogP contribution is 2.31. The third kappa shape index (κ3) is 5.05. The number of aromatic nitrogens is 3. The second kappa shape index (κ2) is 10.3. The smallest absolute Gasteiger partial charge is 0.240 e. The lowest BCUT2D eigenvalue weighted by atomic mass is 10.2. The third-order valence-electron chi connectivity index (χ3n) is 5.66. The summed E-state index contributed by atoms with van der Waals surface area (Å²) < 4.78 is 30.6. The van der Waals surface area contributed by atoms with E-state index in [9.17, 15) is 8.42 Å². The summed E-state index contributed by atoms with van der Waals surface area (Å²) in [5, 5.41) is 6.69. The van der Waals surface area contributed by atoms with Gasteiger partial charge in [0.1, 0.15) is 0 Å². The topological polar surface area (TPSA) is 80.1 Å². The molecule has 0 saturated carbocycles. The third-order valence-corrected chi connectivity index (χ3v) is 7.77. The van der Waals surface area contributed by atoms with Crippen LogP contribution < -0.4 is 9.62 Å². The molecule has 2 heterocycles. The Labute approximate surface area is 209 Å². The molecular formula is C24H25Cl2N5O2S. The van der Waals surface area contributed by atoms with Gasteiger partial charge in [-0.05, 0) is 61.9 Å². The molecule has 4 aromatic rings. The van der Waals surface area contributed by atoms with E-state index in [1.165, 1.54) is 0 Å². The van der Waals surface area contributed by atoms with Crippen LogP contribution in [0.5, 0.6) is 0 Å². The van der Waals surface area contributed by atoms with Gasteiger partial charge in [-0.15, -0.1) is 0 Å². The highest BCUT2D eigenvalue weighted by atomic mass is 35.5. The lowest BCUT2D eigenvalue weighted by molar-refractivity contribution is 0.581. The number of nitrogens with zero attached hydrogens (tertiary/aromatic N) is 4. The summed E-state index contributed by atoms with van der Waals surface area (Å²) in [5.41, 5.74) is 2.39. The van der Waals surface area contributed by atoms with E-state index in [2.05, 4.69) is 14.6 Å². The number of hydrogen-bond acceptors (Lipinski definition) is 5. The van der Waals surface area contributed by atoms with E-state index < -0.39 is 10.0 Å². The highest BCUT2D eigenvalue weighted by Gasteiger charge is 2.21. The van der Waals surface area contributed by atoms with E-state index in [1.54, 1.807) is 60.9 Å². The molecular weight excluding hydrogens is 493 g/mol. The second-order valence-electron chi connectivity index (χ2n) is 7.71. The van der Waals surface area contributed by atoms with Crippen molar-refractivity contribution in [2.24, 2.45) is 0 Å². The minimum absolute atomic E-state index is 0.177. The number of hydrogen-bond donors (Lipinski definition) is 1. The van der Waals surface area contributed by atoms with Crippen molar-refractivity contribution in [1.29, 1.82) is 0 Å². The van der Waals surface area contributed by atoms with Gasteiger partial charge in [0.15, 0.2) is 5.82 Å². The number of nitrogens with one attached hydrogen (secondary N) is 1. The average molecular weight is 518 g/mol. The van der Waals surface area contributed by atoms with E-state index in [4.69, 9.17) is 28.3 Å². The molecule has 1 N–H and O–H groups in total. The van der Waals surface area contributed by atoms with Crippen LogP contribution in [0.15, 0.2) is 65.8 Å². The van der Waals surface area contributed by atoms with Crippen LogP contribution in [-0.2, 0) is 23.1 Å². The Morgan fingerprint density at radius 2 is 1.68 bits per heavy atom. The van der Waals surface area contributed by atoms with Crippen LogP contribution in [0.1, 0.15) is 25.0 Å². The van der Waals surface area contributed by atoms with Gasteiger partial charge in [-0.1, -0.05) is 29.3 Å². The van der Waals surface area contributed by atoms with Crippen LogP contribution in [-0.4, -0.2) is 36.3 Å². The minimum atomic E-state index is -3.74. The van der Waals surface area contributed by atoms with Gasteiger partial charge in [0.25, 0.3) is 0 Å². The fourth-order valence-corrected chi connectivity index (χ4v) is 5.34. The Balaban J connectivity index is 1.75. The molecule has 0 atom stereocenters.